The van der Waals surface area contributed by atoms with E-state index in [4.69, 9.17) is 12.2 Å². The van der Waals surface area contributed by atoms with Gasteiger partial charge in [-0.25, -0.2) is 0 Å². The molecule has 2 aromatic rings. The molecule has 2 aliphatic rings. The maximum absolute atomic E-state index is 12.6. The van der Waals surface area contributed by atoms with Gasteiger partial charge in [-0.1, -0.05) is 19.1 Å². The van der Waals surface area contributed by atoms with Gasteiger partial charge in [0.2, 0.25) is 0 Å². The number of rotatable bonds is 5. The molecule has 2 aromatic carbocycles. The number of carbonyl (C=O) groups excluding carboxylic acids is 1. The number of hydrogen-bond acceptors (Lipinski definition) is 3. The number of likely N-dealkylation sites (tertiary alicyclic amines) is 1. The van der Waals surface area contributed by atoms with Crippen molar-refractivity contribution in [3.63, 3.8) is 0 Å². The fraction of sp³-hybridized carbons (Fsp3) is 0.462. The highest BCUT2D eigenvalue weighted by molar-refractivity contribution is 7.80. The minimum absolute atomic E-state index is 0.124. The molecule has 6 heteroatoms. The summed E-state index contributed by atoms with van der Waals surface area (Å²) >= 11 is 5.46. The molecule has 2 heterocycles. The zero-order valence-corrected chi connectivity index (χ0v) is 19.8. The monoisotopic (exact) mass is 450 g/mol. The molecule has 2 fully saturated rings. The Morgan fingerprint density at radius 3 is 2.38 bits per heavy atom. The summed E-state index contributed by atoms with van der Waals surface area (Å²) in [6.45, 7) is 7.04. The molecular formula is C26H34N4OS. The Kier molecular flexibility index (Phi) is 7.63. The van der Waals surface area contributed by atoms with Gasteiger partial charge < -0.3 is 20.4 Å². The van der Waals surface area contributed by atoms with Gasteiger partial charge >= 0.3 is 0 Å². The second kappa shape index (κ2) is 10.8. The maximum atomic E-state index is 12.6. The third-order valence-electron chi connectivity index (χ3n) is 6.44. The number of nitrogens with one attached hydrogen (secondary N) is 2. The van der Waals surface area contributed by atoms with E-state index in [1.807, 2.05) is 29.2 Å². The molecule has 170 valence electrons. The van der Waals surface area contributed by atoms with Crippen LogP contribution in [0.2, 0.25) is 0 Å². The first kappa shape index (κ1) is 22.6. The summed E-state index contributed by atoms with van der Waals surface area (Å²) in [5.74, 6) is 0.893. The van der Waals surface area contributed by atoms with Crippen LogP contribution in [-0.2, 0) is 6.54 Å². The molecule has 0 radical (unpaired) electrons. The van der Waals surface area contributed by atoms with Crippen LogP contribution in [0.25, 0.3) is 0 Å². The Bertz CT molecular complexity index is 906. The Morgan fingerprint density at radius 1 is 0.969 bits per heavy atom. The summed E-state index contributed by atoms with van der Waals surface area (Å²) in [5, 5.41) is 7.06. The number of anilines is 2. The lowest BCUT2D eigenvalue weighted by Gasteiger charge is -2.32. The smallest absolute Gasteiger partial charge is 0.253 e. The molecular weight excluding hydrogens is 416 g/mol. The van der Waals surface area contributed by atoms with Crippen LogP contribution in [0.15, 0.2) is 48.5 Å². The van der Waals surface area contributed by atoms with E-state index in [0.29, 0.717) is 11.7 Å². The summed E-state index contributed by atoms with van der Waals surface area (Å²) in [5.41, 5.74) is 4.12. The van der Waals surface area contributed by atoms with Crippen molar-refractivity contribution in [1.82, 2.24) is 10.2 Å². The number of carbonyl (C=O) groups is 1. The summed E-state index contributed by atoms with van der Waals surface area (Å²) in [7, 11) is 0. The Hall–Kier alpha value is -2.60. The second-order valence-electron chi connectivity index (χ2n) is 9.10. The highest BCUT2D eigenvalue weighted by Gasteiger charge is 2.18. The number of nitrogens with zero attached hydrogens (tertiary/aromatic N) is 2. The average molecular weight is 451 g/mol. The molecule has 1 atom stereocenters. The lowest BCUT2D eigenvalue weighted by atomic mass is 9.99. The molecule has 0 spiro atoms. The topological polar surface area (TPSA) is 47.6 Å². The molecule has 2 N–H and O–H groups in total. The predicted molar refractivity (Wildman–Crippen MR) is 136 cm³/mol. The third-order valence-corrected chi connectivity index (χ3v) is 6.69. The Balaban J connectivity index is 1.24. The molecule has 4 rings (SSSR count). The molecule has 1 amide bonds. The predicted octanol–water partition coefficient (Wildman–Crippen LogP) is 5.04. The van der Waals surface area contributed by atoms with Crippen LogP contribution in [0.1, 0.15) is 54.9 Å². The number of benzene rings is 2. The van der Waals surface area contributed by atoms with E-state index in [9.17, 15) is 4.79 Å². The largest absolute Gasteiger partial charge is 0.371 e. The third kappa shape index (κ3) is 6.00. The molecule has 0 saturated carbocycles. The average Bonchev–Trinajstić information content (AvgIpc) is 2.84. The van der Waals surface area contributed by atoms with Crippen molar-refractivity contribution in [3.8, 4) is 0 Å². The van der Waals surface area contributed by atoms with Crippen LogP contribution in [0.5, 0.6) is 0 Å². The summed E-state index contributed by atoms with van der Waals surface area (Å²) < 4.78 is 0. The zero-order valence-electron chi connectivity index (χ0n) is 19.0. The first-order chi connectivity index (χ1) is 15.6. The standard InChI is InChI=1S/C26H34N4OS/c1-20-6-5-17-30(19-20)24-13-7-21(8-14-24)18-27-26(32)28-23-11-9-22(10-12-23)25(31)29-15-3-2-4-16-29/h7-14,20H,2-6,15-19H2,1H3,(H2,27,28,32). The van der Waals surface area contributed by atoms with E-state index < -0.39 is 0 Å². The number of thiocarbonyl (C=S) groups is 1. The molecule has 2 saturated heterocycles. The zero-order chi connectivity index (χ0) is 22.3. The molecule has 5 nitrogen and oxygen atoms in total. The minimum Gasteiger partial charge on any atom is -0.371 e. The van der Waals surface area contributed by atoms with E-state index in [-0.39, 0.29) is 5.91 Å². The number of hydrogen-bond donors (Lipinski definition) is 2. The maximum Gasteiger partial charge on any atom is 0.253 e. The van der Waals surface area contributed by atoms with E-state index in [2.05, 4.69) is 46.7 Å². The van der Waals surface area contributed by atoms with Crippen LogP contribution in [0.4, 0.5) is 11.4 Å². The van der Waals surface area contributed by atoms with Crippen LogP contribution in [-0.4, -0.2) is 42.1 Å². The lowest BCUT2D eigenvalue weighted by Crippen LogP contribution is -2.35. The molecule has 0 aromatic heterocycles. The Morgan fingerprint density at radius 2 is 1.69 bits per heavy atom. The molecule has 32 heavy (non-hydrogen) atoms. The van der Waals surface area contributed by atoms with Crippen molar-refractivity contribution < 1.29 is 4.79 Å². The summed E-state index contributed by atoms with van der Waals surface area (Å²) in [6.07, 6.45) is 6.04. The van der Waals surface area contributed by atoms with E-state index in [1.54, 1.807) is 0 Å². The lowest BCUT2D eigenvalue weighted by molar-refractivity contribution is 0.0724. The van der Waals surface area contributed by atoms with Gasteiger partial charge in [0.25, 0.3) is 5.91 Å². The van der Waals surface area contributed by atoms with Gasteiger partial charge in [0.15, 0.2) is 5.11 Å². The van der Waals surface area contributed by atoms with E-state index in [1.165, 1.54) is 30.5 Å². The van der Waals surface area contributed by atoms with Crippen molar-refractivity contribution >= 4 is 34.6 Å². The van der Waals surface area contributed by atoms with Crippen LogP contribution in [0.3, 0.4) is 0 Å². The molecule has 0 bridgehead atoms. The fourth-order valence-electron chi connectivity index (χ4n) is 4.58. The highest BCUT2D eigenvalue weighted by Crippen LogP contribution is 2.23. The second-order valence-corrected chi connectivity index (χ2v) is 9.51. The van der Waals surface area contributed by atoms with Gasteiger partial charge in [0, 0.05) is 49.7 Å². The van der Waals surface area contributed by atoms with Gasteiger partial charge in [-0.3, -0.25) is 4.79 Å². The summed E-state index contributed by atoms with van der Waals surface area (Å²) in [6, 6.07) is 16.4. The molecule has 2 aliphatic heterocycles. The van der Waals surface area contributed by atoms with Crippen molar-refractivity contribution in [3.05, 3.63) is 59.7 Å². The van der Waals surface area contributed by atoms with Gasteiger partial charge in [-0.2, -0.15) is 0 Å². The summed E-state index contributed by atoms with van der Waals surface area (Å²) in [4.78, 5) is 17.0. The van der Waals surface area contributed by atoms with Gasteiger partial charge in [-0.05, 0) is 92.2 Å². The van der Waals surface area contributed by atoms with Crippen molar-refractivity contribution in [1.29, 1.82) is 0 Å². The van der Waals surface area contributed by atoms with Crippen molar-refractivity contribution in [2.45, 2.75) is 45.6 Å². The fourth-order valence-corrected chi connectivity index (χ4v) is 4.77. The normalized spacial score (nSPS) is 18.8. The van der Waals surface area contributed by atoms with Crippen LogP contribution >= 0.6 is 12.2 Å². The highest BCUT2D eigenvalue weighted by atomic mass is 32.1. The molecule has 1 unspecified atom stereocenters. The quantitative estimate of drug-likeness (QED) is 0.625. The van der Waals surface area contributed by atoms with Gasteiger partial charge in [-0.15, -0.1) is 0 Å². The van der Waals surface area contributed by atoms with E-state index >= 15 is 0 Å². The minimum atomic E-state index is 0.124. The number of piperidine rings is 2. The number of amides is 1. The van der Waals surface area contributed by atoms with Crippen LogP contribution in [0, 0.1) is 5.92 Å². The van der Waals surface area contributed by atoms with Crippen molar-refractivity contribution in [2.75, 3.05) is 36.4 Å². The van der Waals surface area contributed by atoms with Gasteiger partial charge in [0.05, 0.1) is 0 Å². The van der Waals surface area contributed by atoms with Crippen LogP contribution < -0.4 is 15.5 Å². The first-order valence-corrected chi connectivity index (χ1v) is 12.3. The van der Waals surface area contributed by atoms with E-state index in [0.717, 1.165) is 56.2 Å². The van der Waals surface area contributed by atoms with Crippen molar-refractivity contribution in [2.24, 2.45) is 5.92 Å². The first-order valence-electron chi connectivity index (χ1n) is 11.9. The SMILES string of the molecule is CC1CCCN(c2ccc(CNC(=S)Nc3ccc(C(=O)N4CCCCC4)cc3)cc2)C1. The van der Waals surface area contributed by atoms with Gasteiger partial charge in [0.1, 0.15) is 0 Å². The Labute approximate surface area is 197 Å². The molecule has 0 aliphatic carbocycles.